The highest BCUT2D eigenvalue weighted by molar-refractivity contribution is 5.34. The Morgan fingerprint density at radius 1 is 0.569 bits per heavy atom. The van der Waals surface area contributed by atoms with Crippen LogP contribution in [0.4, 0.5) is 0 Å². The monoisotopic (exact) mass is 728 g/mol. The number of hydrogen-bond acceptors (Lipinski definition) is 2. The molecule has 0 radical (unpaired) electrons. The number of unbranched alkanes of at least 4 members (excludes halogenated alkanes) is 15. The second kappa shape index (κ2) is 25.5. The van der Waals surface area contributed by atoms with Crippen LogP contribution in [0.5, 0.6) is 5.75 Å². The van der Waals surface area contributed by atoms with Crippen LogP contribution in [-0.2, 0) is 16.7 Å². The Balaban J connectivity index is 0.0000130. The van der Waals surface area contributed by atoms with Crippen molar-refractivity contribution in [2.45, 2.75) is 176 Å². The number of likely N-dealkylation sites (N-methyl/N-ethyl adjacent to an activating group) is 1. The van der Waals surface area contributed by atoms with E-state index in [0.717, 1.165) is 29.9 Å². The van der Waals surface area contributed by atoms with E-state index in [4.69, 9.17) is 9.47 Å². The summed E-state index contributed by atoms with van der Waals surface area (Å²) in [6, 6.07) is 19.7. The van der Waals surface area contributed by atoms with E-state index in [1.54, 1.807) is 0 Å². The fourth-order valence-corrected chi connectivity index (χ4v) is 7.89. The highest BCUT2D eigenvalue weighted by Crippen LogP contribution is 2.51. The van der Waals surface area contributed by atoms with E-state index in [9.17, 15) is 0 Å². The van der Waals surface area contributed by atoms with Crippen molar-refractivity contribution in [3.63, 3.8) is 0 Å². The van der Waals surface area contributed by atoms with Gasteiger partial charge in [0.05, 0.1) is 27.3 Å². The fourth-order valence-electron chi connectivity index (χ4n) is 7.89. The molecule has 0 heterocycles. The Morgan fingerprint density at radius 3 is 1.55 bits per heavy atom. The van der Waals surface area contributed by atoms with Crippen LogP contribution in [-0.4, -0.2) is 44.9 Å². The third-order valence-electron chi connectivity index (χ3n) is 11.3. The van der Waals surface area contributed by atoms with Gasteiger partial charge in [-0.2, -0.15) is 0 Å². The quantitative estimate of drug-likeness (QED) is 0.0614. The van der Waals surface area contributed by atoms with Crippen molar-refractivity contribution in [1.82, 2.24) is 0 Å². The molecule has 294 valence electrons. The summed E-state index contributed by atoms with van der Waals surface area (Å²) in [5.41, 5.74) is 3.36. The van der Waals surface area contributed by atoms with Gasteiger partial charge in [0.25, 0.3) is 0 Å². The van der Waals surface area contributed by atoms with E-state index in [2.05, 4.69) is 117 Å². The number of quaternary nitrogens is 1. The largest absolute Gasteiger partial charge is 1.00 e. The standard InChI is InChI=1S/C47H82NO2.ClH/c1-10-11-12-13-14-15-16-17-18-19-20-21-22-23-24-28-35-46(5,6)47(7,41-45(2,3)4)43-31-33-44(34-32-43)50-39-38-49-37-36-48(8,9)40-42-29-26-25-27-30-42;/h25-27,29-34H,10-24,28,35-41H2,1-9H3;1H/q+1;/p-1. The van der Waals surface area contributed by atoms with Crippen molar-refractivity contribution in [2.75, 3.05) is 40.5 Å². The van der Waals surface area contributed by atoms with Gasteiger partial charge in [-0.1, -0.05) is 194 Å². The molecular weight excluding hydrogens is 646 g/mol. The summed E-state index contributed by atoms with van der Waals surface area (Å²) in [5.74, 6) is 0.936. The van der Waals surface area contributed by atoms with E-state index in [1.165, 1.54) is 127 Å². The zero-order chi connectivity index (χ0) is 36.8. The highest BCUT2D eigenvalue weighted by Gasteiger charge is 2.44. The molecule has 0 aliphatic carbocycles. The van der Waals surface area contributed by atoms with Gasteiger partial charge in [0, 0.05) is 5.56 Å². The average molecular weight is 729 g/mol. The average Bonchev–Trinajstić information content (AvgIpc) is 3.05. The molecule has 0 aromatic heterocycles. The van der Waals surface area contributed by atoms with E-state index in [0.29, 0.717) is 13.2 Å². The van der Waals surface area contributed by atoms with E-state index < -0.39 is 0 Å². The summed E-state index contributed by atoms with van der Waals surface area (Å²) < 4.78 is 13.0. The minimum atomic E-state index is 0. The molecule has 0 aliphatic rings. The fraction of sp³-hybridized carbons (Fsp3) is 0.745. The predicted octanol–water partition coefficient (Wildman–Crippen LogP) is 10.7. The third kappa shape index (κ3) is 20.5. The molecule has 0 amide bonds. The number of ether oxygens (including phenoxy) is 2. The molecule has 0 spiro atoms. The van der Waals surface area contributed by atoms with Crippen LogP contribution in [0.15, 0.2) is 54.6 Å². The molecule has 2 rings (SSSR count). The third-order valence-corrected chi connectivity index (χ3v) is 11.3. The lowest BCUT2D eigenvalue weighted by molar-refractivity contribution is -0.904. The van der Waals surface area contributed by atoms with Gasteiger partial charge in [0.1, 0.15) is 25.4 Å². The summed E-state index contributed by atoms with van der Waals surface area (Å²) in [7, 11) is 4.54. The normalized spacial score (nSPS) is 13.5. The molecule has 2 aromatic carbocycles. The van der Waals surface area contributed by atoms with Crippen LogP contribution in [0.3, 0.4) is 0 Å². The Bertz CT molecular complexity index is 1110. The maximum Gasteiger partial charge on any atom is 0.119 e. The molecule has 1 unspecified atom stereocenters. The molecule has 1 atom stereocenters. The summed E-state index contributed by atoms with van der Waals surface area (Å²) >= 11 is 0. The number of rotatable bonds is 29. The van der Waals surface area contributed by atoms with E-state index in [-0.39, 0.29) is 28.7 Å². The van der Waals surface area contributed by atoms with Gasteiger partial charge in [-0.15, -0.1) is 0 Å². The Morgan fingerprint density at radius 2 is 1.06 bits per heavy atom. The number of nitrogens with zero attached hydrogens (tertiary/aromatic N) is 1. The molecule has 0 saturated carbocycles. The molecule has 51 heavy (non-hydrogen) atoms. The van der Waals surface area contributed by atoms with Crippen LogP contribution >= 0.6 is 0 Å². The first-order valence-electron chi connectivity index (χ1n) is 21.0. The maximum atomic E-state index is 6.12. The van der Waals surface area contributed by atoms with Crippen molar-refractivity contribution in [2.24, 2.45) is 10.8 Å². The lowest BCUT2D eigenvalue weighted by Gasteiger charge is -2.48. The molecule has 4 heteroatoms. The Kier molecular flexibility index (Phi) is 23.7. The molecule has 0 fully saturated rings. The summed E-state index contributed by atoms with van der Waals surface area (Å²) in [5, 5.41) is 0. The van der Waals surface area contributed by atoms with Gasteiger partial charge in [0.15, 0.2) is 0 Å². The van der Waals surface area contributed by atoms with Gasteiger partial charge in [-0.3, -0.25) is 0 Å². The van der Waals surface area contributed by atoms with Gasteiger partial charge in [-0.25, -0.2) is 0 Å². The minimum Gasteiger partial charge on any atom is -1.00 e. The van der Waals surface area contributed by atoms with Crippen molar-refractivity contribution < 1.29 is 26.4 Å². The molecular formula is C47H82ClNO2. The second-order valence-corrected chi connectivity index (χ2v) is 18.3. The van der Waals surface area contributed by atoms with Gasteiger partial charge >= 0.3 is 0 Å². The maximum absolute atomic E-state index is 6.12. The number of halogens is 1. The molecule has 2 aromatic rings. The molecule has 3 nitrogen and oxygen atoms in total. The topological polar surface area (TPSA) is 18.5 Å². The zero-order valence-electron chi connectivity index (χ0n) is 35.1. The molecule has 0 bridgehead atoms. The van der Waals surface area contributed by atoms with E-state index >= 15 is 0 Å². The van der Waals surface area contributed by atoms with E-state index in [1.807, 2.05) is 0 Å². The summed E-state index contributed by atoms with van der Waals surface area (Å²) in [6.07, 6.45) is 25.2. The van der Waals surface area contributed by atoms with Crippen LogP contribution in [0.1, 0.15) is 175 Å². The van der Waals surface area contributed by atoms with Crippen LogP contribution < -0.4 is 17.1 Å². The predicted molar refractivity (Wildman–Crippen MR) is 219 cm³/mol. The molecule has 0 N–H and O–H groups in total. The van der Waals surface area contributed by atoms with Gasteiger partial charge in [0.2, 0.25) is 0 Å². The first-order chi connectivity index (χ1) is 23.8. The smallest absolute Gasteiger partial charge is 0.119 e. The first kappa shape index (κ1) is 47.5. The lowest BCUT2D eigenvalue weighted by atomic mass is 9.56. The second-order valence-electron chi connectivity index (χ2n) is 18.3. The highest BCUT2D eigenvalue weighted by atomic mass is 35.5. The number of benzene rings is 2. The lowest BCUT2D eigenvalue weighted by Crippen LogP contribution is -3.00. The van der Waals surface area contributed by atoms with Crippen LogP contribution in [0, 0.1) is 10.8 Å². The minimum absolute atomic E-state index is 0. The van der Waals surface area contributed by atoms with Crippen molar-refractivity contribution in [3.05, 3.63) is 65.7 Å². The summed E-state index contributed by atoms with van der Waals surface area (Å²) in [6.45, 7) is 21.0. The zero-order valence-corrected chi connectivity index (χ0v) is 35.9. The van der Waals surface area contributed by atoms with Gasteiger partial charge in [-0.05, 0) is 46.8 Å². The van der Waals surface area contributed by atoms with Crippen molar-refractivity contribution >= 4 is 0 Å². The number of hydrogen-bond donors (Lipinski definition) is 0. The first-order valence-corrected chi connectivity index (χ1v) is 21.0. The summed E-state index contributed by atoms with van der Waals surface area (Å²) in [4.78, 5) is 0. The van der Waals surface area contributed by atoms with Crippen molar-refractivity contribution in [3.8, 4) is 5.75 Å². The molecule has 0 aliphatic heterocycles. The molecule has 0 saturated heterocycles. The SMILES string of the molecule is CCCCCCCCCCCCCCCCCCC(C)(C)C(C)(CC(C)(C)C)c1ccc(OCCOCC[N+](C)(C)Cc2ccccc2)cc1.[Cl-]. The Hall–Kier alpha value is -1.55. The Labute approximate surface area is 324 Å². The van der Waals surface area contributed by atoms with Crippen LogP contribution in [0.2, 0.25) is 0 Å². The van der Waals surface area contributed by atoms with Gasteiger partial charge < -0.3 is 26.4 Å². The van der Waals surface area contributed by atoms with Crippen molar-refractivity contribution in [1.29, 1.82) is 0 Å². The van der Waals surface area contributed by atoms with Crippen LogP contribution in [0.25, 0.3) is 0 Å².